The highest BCUT2D eigenvalue weighted by molar-refractivity contribution is 7.89. The van der Waals surface area contributed by atoms with Gasteiger partial charge in [-0.25, -0.2) is 13.1 Å². The zero-order valence-corrected chi connectivity index (χ0v) is 13.1. The van der Waals surface area contributed by atoms with Crippen LogP contribution in [0.4, 0.5) is 0 Å². The van der Waals surface area contributed by atoms with Crippen LogP contribution in [0.15, 0.2) is 35.2 Å². The van der Waals surface area contributed by atoms with Crippen molar-refractivity contribution in [1.29, 1.82) is 0 Å². The summed E-state index contributed by atoms with van der Waals surface area (Å²) in [6.45, 7) is 0. The first-order valence-electron chi connectivity index (χ1n) is 7.76. The third-order valence-corrected chi connectivity index (χ3v) is 6.60. The zero-order chi connectivity index (χ0) is 15.7. The highest BCUT2D eigenvalue weighted by atomic mass is 32.2. The lowest BCUT2D eigenvalue weighted by Crippen LogP contribution is -2.44. The maximum absolute atomic E-state index is 12.5. The van der Waals surface area contributed by atoms with Gasteiger partial charge in [-0.1, -0.05) is 18.2 Å². The number of hydrogen-bond acceptors (Lipinski definition) is 3. The van der Waals surface area contributed by atoms with Crippen molar-refractivity contribution >= 4 is 16.0 Å². The SMILES string of the molecule is O=C(O)CC[C@H]1[C@@H]2CC[C@@H](C2)[C@@H]1NS(=O)(=O)c1ccccc1. The zero-order valence-electron chi connectivity index (χ0n) is 12.3. The van der Waals surface area contributed by atoms with Crippen molar-refractivity contribution in [1.82, 2.24) is 4.72 Å². The number of hydrogen-bond donors (Lipinski definition) is 2. The van der Waals surface area contributed by atoms with E-state index in [1.807, 2.05) is 0 Å². The van der Waals surface area contributed by atoms with E-state index < -0.39 is 16.0 Å². The molecule has 2 aliphatic rings. The van der Waals surface area contributed by atoms with E-state index in [1.54, 1.807) is 30.3 Å². The minimum atomic E-state index is -3.54. The second-order valence-electron chi connectivity index (χ2n) is 6.39. The maximum Gasteiger partial charge on any atom is 0.303 e. The van der Waals surface area contributed by atoms with Gasteiger partial charge in [0.25, 0.3) is 0 Å². The summed E-state index contributed by atoms with van der Waals surface area (Å²) in [5, 5.41) is 8.90. The van der Waals surface area contributed by atoms with Crippen LogP contribution >= 0.6 is 0 Å². The smallest absolute Gasteiger partial charge is 0.303 e. The average molecular weight is 323 g/mol. The lowest BCUT2D eigenvalue weighted by Gasteiger charge is -2.31. The van der Waals surface area contributed by atoms with Crippen LogP contribution in [0.5, 0.6) is 0 Å². The van der Waals surface area contributed by atoms with Gasteiger partial charge in [0.05, 0.1) is 4.90 Å². The standard InChI is InChI=1S/C16H21NO4S/c18-15(19)9-8-14-11-6-7-12(10-11)16(14)17-22(20,21)13-4-2-1-3-5-13/h1-5,11-12,14,16-17H,6-10H2,(H,18,19)/t11-,12+,14+,16+/m1/s1. The number of nitrogens with one attached hydrogen (secondary N) is 1. The third kappa shape index (κ3) is 3.03. The topological polar surface area (TPSA) is 83.5 Å². The monoisotopic (exact) mass is 323 g/mol. The second-order valence-corrected chi connectivity index (χ2v) is 8.10. The predicted molar refractivity (Wildman–Crippen MR) is 81.7 cm³/mol. The molecular weight excluding hydrogens is 302 g/mol. The van der Waals surface area contributed by atoms with Crippen LogP contribution in [0.25, 0.3) is 0 Å². The Hall–Kier alpha value is -1.40. The van der Waals surface area contributed by atoms with Crippen LogP contribution in [0, 0.1) is 17.8 Å². The van der Waals surface area contributed by atoms with Crippen molar-refractivity contribution in [3.05, 3.63) is 30.3 Å². The molecule has 0 radical (unpaired) electrons. The quantitative estimate of drug-likeness (QED) is 0.841. The molecular formula is C16H21NO4S. The Morgan fingerprint density at radius 2 is 1.86 bits per heavy atom. The molecule has 5 nitrogen and oxygen atoms in total. The molecule has 1 aromatic rings. The fourth-order valence-electron chi connectivity index (χ4n) is 4.15. The van der Waals surface area contributed by atoms with E-state index in [0.29, 0.717) is 18.3 Å². The van der Waals surface area contributed by atoms with Gasteiger partial charge in [0, 0.05) is 12.5 Å². The number of rotatable bonds is 6. The summed E-state index contributed by atoms with van der Waals surface area (Å²) in [5.41, 5.74) is 0. The molecule has 4 atom stereocenters. The van der Waals surface area contributed by atoms with Gasteiger partial charge in [-0.15, -0.1) is 0 Å². The van der Waals surface area contributed by atoms with Crippen molar-refractivity contribution in [2.24, 2.45) is 17.8 Å². The minimum absolute atomic E-state index is 0.109. The number of aliphatic carboxylic acids is 1. The van der Waals surface area contributed by atoms with Crippen LogP contribution in [-0.2, 0) is 14.8 Å². The summed E-state index contributed by atoms with van der Waals surface area (Å²) in [6, 6.07) is 8.24. The molecule has 22 heavy (non-hydrogen) atoms. The molecule has 0 amide bonds. The Morgan fingerprint density at radius 3 is 2.55 bits per heavy atom. The van der Waals surface area contributed by atoms with E-state index in [2.05, 4.69) is 4.72 Å². The summed E-state index contributed by atoms with van der Waals surface area (Å²) in [5.74, 6) is 0.149. The molecule has 0 saturated heterocycles. The van der Waals surface area contributed by atoms with Gasteiger partial charge in [0.2, 0.25) is 10.0 Å². The second kappa shape index (κ2) is 6.01. The molecule has 0 spiro atoms. The molecule has 2 saturated carbocycles. The lowest BCUT2D eigenvalue weighted by atomic mass is 9.82. The van der Waals surface area contributed by atoms with Crippen LogP contribution in [0.1, 0.15) is 32.1 Å². The summed E-state index contributed by atoms with van der Waals surface area (Å²) in [7, 11) is -3.54. The van der Waals surface area contributed by atoms with E-state index in [9.17, 15) is 13.2 Å². The maximum atomic E-state index is 12.5. The van der Waals surface area contributed by atoms with Crippen LogP contribution < -0.4 is 4.72 Å². The molecule has 1 aromatic carbocycles. The van der Waals surface area contributed by atoms with E-state index in [0.717, 1.165) is 19.3 Å². The first-order chi connectivity index (χ1) is 10.5. The van der Waals surface area contributed by atoms with Gasteiger partial charge in [0.15, 0.2) is 0 Å². The number of carbonyl (C=O) groups is 1. The van der Waals surface area contributed by atoms with Gasteiger partial charge in [-0.2, -0.15) is 0 Å². The van der Waals surface area contributed by atoms with Crippen LogP contribution in [0.3, 0.4) is 0 Å². The van der Waals surface area contributed by atoms with Crippen molar-refractivity contribution in [2.45, 2.75) is 43.0 Å². The molecule has 0 aromatic heterocycles. The Morgan fingerprint density at radius 1 is 1.18 bits per heavy atom. The van der Waals surface area contributed by atoms with Gasteiger partial charge in [-0.05, 0) is 55.6 Å². The fraction of sp³-hybridized carbons (Fsp3) is 0.562. The number of fused-ring (bicyclic) bond motifs is 2. The largest absolute Gasteiger partial charge is 0.481 e. The highest BCUT2D eigenvalue weighted by Gasteiger charge is 2.48. The van der Waals surface area contributed by atoms with E-state index in [1.165, 1.54) is 0 Å². The average Bonchev–Trinajstić information content (AvgIpc) is 3.07. The number of carboxylic acid groups (broad SMARTS) is 1. The highest BCUT2D eigenvalue weighted by Crippen LogP contribution is 2.50. The first-order valence-corrected chi connectivity index (χ1v) is 9.25. The summed E-state index contributed by atoms with van der Waals surface area (Å²) < 4.78 is 27.9. The van der Waals surface area contributed by atoms with Crippen molar-refractivity contribution < 1.29 is 18.3 Å². The van der Waals surface area contributed by atoms with E-state index in [4.69, 9.17) is 5.11 Å². The molecule has 3 rings (SSSR count). The number of sulfonamides is 1. The molecule has 2 N–H and O–H groups in total. The molecule has 0 aliphatic heterocycles. The fourth-order valence-corrected chi connectivity index (χ4v) is 5.52. The van der Waals surface area contributed by atoms with Gasteiger partial charge in [-0.3, -0.25) is 4.79 Å². The first kappa shape index (κ1) is 15.5. The number of benzene rings is 1. The molecule has 6 heteroatoms. The van der Waals surface area contributed by atoms with Crippen molar-refractivity contribution in [3.8, 4) is 0 Å². The number of carboxylic acids is 1. The van der Waals surface area contributed by atoms with Gasteiger partial charge in [0.1, 0.15) is 0 Å². The Kier molecular flexibility index (Phi) is 4.23. The lowest BCUT2D eigenvalue weighted by molar-refractivity contribution is -0.137. The third-order valence-electron chi connectivity index (χ3n) is 5.12. The van der Waals surface area contributed by atoms with Crippen LogP contribution in [0.2, 0.25) is 0 Å². The van der Waals surface area contributed by atoms with Crippen molar-refractivity contribution in [2.75, 3.05) is 0 Å². The van der Waals surface area contributed by atoms with Crippen molar-refractivity contribution in [3.63, 3.8) is 0 Å². The van der Waals surface area contributed by atoms with E-state index in [-0.39, 0.29) is 23.3 Å². The van der Waals surface area contributed by atoms with E-state index >= 15 is 0 Å². The molecule has 2 aliphatic carbocycles. The minimum Gasteiger partial charge on any atom is -0.481 e. The molecule has 120 valence electrons. The molecule has 0 unspecified atom stereocenters. The van der Waals surface area contributed by atoms with Gasteiger partial charge >= 0.3 is 5.97 Å². The predicted octanol–water partition coefficient (Wildman–Crippen LogP) is 2.24. The molecule has 2 fully saturated rings. The Labute approximate surface area is 130 Å². The van der Waals surface area contributed by atoms with Gasteiger partial charge < -0.3 is 5.11 Å². The Bertz CT molecular complexity index is 643. The Balaban J connectivity index is 1.76. The summed E-state index contributed by atoms with van der Waals surface area (Å²) in [6.07, 6.45) is 3.82. The molecule has 2 bridgehead atoms. The van der Waals surface area contributed by atoms with Crippen LogP contribution in [-0.4, -0.2) is 25.5 Å². The summed E-state index contributed by atoms with van der Waals surface area (Å²) in [4.78, 5) is 11.1. The summed E-state index contributed by atoms with van der Waals surface area (Å²) >= 11 is 0. The normalized spacial score (nSPS) is 30.5. The molecule has 0 heterocycles.